The van der Waals surface area contributed by atoms with Crippen molar-refractivity contribution < 1.29 is 4.79 Å². The summed E-state index contributed by atoms with van der Waals surface area (Å²) in [7, 11) is 0. The Bertz CT molecular complexity index is 732. The lowest BCUT2D eigenvalue weighted by atomic mass is 10.0. The number of ketones is 1. The molecule has 0 aliphatic carbocycles. The second-order valence-corrected chi connectivity index (χ2v) is 3.98. The van der Waals surface area contributed by atoms with Crippen LogP contribution in [0.2, 0.25) is 0 Å². The van der Waals surface area contributed by atoms with Gasteiger partial charge < -0.3 is 0 Å². The molecule has 3 aromatic rings. The Kier molecular flexibility index (Phi) is 2.37. The number of pyridine rings is 1. The summed E-state index contributed by atoms with van der Waals surface area (Å²) in [6, 6.07) is 1.82. The molecule has 0 N–H and O–H groups in total. The maximum Gasteiger partial charge on any atom is 0.198 e. The van der Waals surface area contributed by atoms with Crippen molar-refractivity contribution in [1.82, 2.24) is 19.6 Å². The molecule has 0 saturated heterocycles. The number of carbonyl (C=O) groups is 1. The number of hydrogen-bond donors (Lipinski definition) is 0. The van der Waals surface area contributed by atoms with E-state index in [1.807, 2.05) is 13.0 Å². The van der Waals surface area contributed by atoms with Crippen LogP contribution < -0.4 is 0 Å². The molecule has 0 aliphatic rings. The molecule has 0 saturated carbocycles. The van der Waals surface area contributed by atoms with Crippen LogP contribution in [-0.4, -0.2) is 25.4 Å². The van der Waals surface area contributed by atoms with Crippen LogP contribution in [0.15, 0.2) is 43.2 Å². The zero-order valence-electron chi connectivity index (χ0n) is 9.74. The molecule has 0 amide bonds. The summed E-state index contributed by atoms with van der Waals surface area (Å²) in [5.74, 6) is -0.0800. The smallest absolute Gasteiger partial charge is 0.198 e. The highest BCUT2D eigenvalue weighted by Crippen LogP contribution is 2.16. The molecule has 0 aromatic carbocycles. The summed E-state index contributed by atoms with van der Waals surface area (Å²) in [5, 5.41) is 4.13. The molecule has 0 bridgehead atoms. The topological polar surface area (TPSA) is 60.2 Å². The van der Waals surface area contributed by atoms with Crippen molar-refractivity contribution in [3.63, 3.8) is 0 Å². The lowest BCUT2D eigenvalue weighted by Gasteiger charge is -2.02. The average molecular weight is 238 g/mol. The molecule has 0 aliphatic heterocycles. The van der Waals surface area contributed by atoms with Gasteiger partial charge >= 0.3 is 0 Å². The van der Waals surface area contributed by atoms with E-state index < -0.39 is 0 Å². The fourth-order valence-electron chi connectivity index (χ4n) is 1.86. The van der Waals surface area contributed by atoms with E-state index in [9.17, 15) is 4.79 Å². The van der Waals surface area contributed by atoms with Gasteiger partial charge in [-0.05, 0) is 18.6 Å². The number of rotatable bonds is 2. The highest BCUT2D eigenvalue weighted by atomic mass is 16.1. The third-order valence-electron chi connectivity index (χ3n) is 2.85. The van der Waals surface area contributed by atoms with E-state index in [4.69, 9.17) is 0 Å². The number of nitrogens with zero attached hydrogens (tertiary/aromatic N) is 4. The Hall–Kier alpha value is -2.56. The van der Waals surface area contributed by atoms with Crippen molar-refractivity contribution in [3.8, 4) is 0 Å². The number of carbonyl (C=O) groups excluding carboxylic acids is 1. The van der Waals surface area contributed by atoms with Gasteiger partial charge in [-0.3, -0.25) is 14.8 Å². The molecule has 3 heterocycles. The van der Waals surface area contributed by atoms with E-state index in [-0.39, 0.29) is 5.78 Å². The van der Waals surface area contributed by atoms with E-state index in [1.165, 1.54) is 0 Å². The van der Waals surface area contributed by atoms with Gasteiger partial charge in [0.05, 0.1) is 23.5 Å². The number of hydrogen-bond acceptors (Lipinski definition) is 4. The van der Waals surface area contributed by atoms with Gasteiger partial charge in [-0.25, -0.2) is 4.52 Å². The molecule has 0 spiro atoms. The second-order valence-electron chi connectivity index (χ2n) is 3.98. The maximum atomic E-state index is 12.4. The normalized spacial score (nSPS) is 10.7. The summed E-state index contributed by atoms with van der Waals surface area (Å²) < 4.78 is 1.63. The molecular weight excluding hydrogens is 228 g/mol. The van der Waals surface area contributed by atoms with Gasteiger partial charge in [-0.15, -0.1) is 0 Å². The predicted octanol–water partition coefficient (Wildman–Crippen LogP) is 1.66. The van der Waals surface area contributed by atoms with Crippen molar-refractivity contribution in [2.75, 3.05) is 0 Å². The Morgan fingerprint density at radius 3 is 2.78 bits per heavy atom. The third kappa shape index (κ3) is 1.57. The van der Waals surface area contributed by atoms with Crippen LogP contribution in [0, 0.1) is 6.92 Å². The highest BCUT2D eigenvalue weighted by Gasteiger charge is 2.16. The van der Waals surface area contributed by atoms with Crippen LogP contribution in [0.4, 0.5) is 0 Å². The molecule has 18 heavy (non-hydrogen) atoms. The van der Waals surface area contributed by atoms with Gasteiger partial charge in [-0.2, -0.15) is 5.10 Å². The Balaban J connectivity index is 2.16. The first-order valence-electron chi connectivity index (χ1n) is 5.50. The zero-order chi connectivity index (χ0) is 12.5. The first-order chi connectivity index (χ1) is 8.77. The third-order valence-corrected chi connectivity index (χ3v) is 2.85. The standard InChI is InChI=1S/C13H10N4O/c1-9-2-3-14-6-10(9)13(18)11-7-16-17-5-4-15-8-12(11)17/h2-8H,1H3. The summed E-state index contributed by atoms with van der Waals surface area (Å²) in [5.41, 5.74) is 2.74. The number of fused-ring (bicyclic) bond motifs is 1. The second kappa shape index (κ2) is 4.03. The molecule has 5 nitrogen and oxygen atoms in total. The monoisotopic (exact) mass is 238 g/mol. The maximum absolute atomic E-state index is 12.4. The van der Waals surface area contributed by atoms with Gasteiger partial charge in [0, 0.05) is 30.4 Å². The van der Waals surface area contributed by atoms with Gasteiger partial charge in [0.2, 0.25) is 0 Å². The summed E-state index contributed by atoms with van der Waals surface area (Å²) in [4.78, 5) is 20.4. The summed E-state index contributed by atoms with van der Waals surface area (Å²) in [6.45, 7) is 1.89. The van der Waals surface area contributed by atoms with E-state index >= 15 is 0 Å². The van der Waals surface area contributed by atoms with Crippen LogP contribution in [0.25, 0.3) is 5.52 Å². The molecular formula is C13H10N4O. The van der Waals surface area contributed by atoms with Crippen molar-refractivity contribution in [1.29, 1.82) is 0 Å². The largest absolute Gasteiger partial charge is 0.288 e. The summed E-state index contributed by atoms with van der Waals surface area (Å²) in [6.07, 6.45) is 9.78. The average Bonchev–Trinajstić information content (AvgIpc) is 2.82. The fraction of sp³-hybridized carbons (Fsp3) is 0.0769. The van der Waals surface area contributed by atoms with Crippen molar-refractivity contribution in [2.45, 2.75) is 6.92 Å². The van der Waals surface area contributed by atoms with Crippen LogP contribution in [0.1, 0.15) is 21.5 Å². The molecule has 3 rings (SSSR count). The predicted molar refractivity (Wildman–Crippen MR) is 65.4 cm³/mol. The van der Waals surface area contributed by atoms with Gasteiger partial charge in [-0.1, -0.05) is 0 Å². The van der Waals surface area contributed by atoms with E-state index in [2.05, 4.69) is 15.1 Å². The van der Waals surface area contributed by atoms with Gasteiger partial charge in [0.15, 0.2) is 5.78 Å². The molecule has 0 atom stereocenters. The molecule has 0 radical (unpaired) electrons. The fourth-order valence-corrected chi connectivity index (χ4v) is 1.86. The molecule has 88 valence electrons. The highest BCUT2D eigenvalue weighted by molar-refractivity contribution is 6.13. The molecule has 3 aromatic heterocycles. The minimum atomic E-state index is -0.0800. The van der Waals surface area contributed by atoms with Crippen molar-refractivity contribution in [2.24, 2.45) is 0 Å². The minimum Gasteiger partial charge on any atom is -0.288 e. The van der Waals surface area contributed by atoms with Gasteiger partial charge in [0.1, 0.15) is 0 Å². The lowest BCUT2D eigenvalue weighted by molar-refractivity contribution is 0.103. The first-order valence-corrected chi connectivity index (χ1v) is 5.50. The zero-order valence-corrected chi connectivity index (χ0v) is 9.74. The van der Waals surface area contributed by atoms with E-state index in [0.717, 1.165) is 5.56 Å². The van der Waals surface area contributed by atoms with Crippen molar-refractivity contribution >= 4 is 11.3 Å². The minimum absolute atomic E-state index is 0.0800. The first kappa shape index (κ1) is 10.6. The Morgan fingerprint density at radius 2 is 1.94 bits per heavy atom. The van der Waals surface area contributed by atoms with Crippen LogP contribution in [-0.2, 0) is 0 Å². The Morgan fingerprint density at radius 1 is 1.11 bits per heavy atom. The van der Waals surface area contributed by atoms with Crippen LogP contribution in [0.3, 0.4) is 0 Å². The van der Waals surface area contributed by atoms with Gasteiger partial charge in [0.25, 0.3) is 0 Å². The number of aromatic nitrogens is 4. The Labute approximate surface area is 103 Å². The SMILES string of the molecule is Cc1ccncc1C(=O)c1cnn2ccncc12. The van der Waals surface area contributed by atoms with Crippen LogP contribution in [0.5, 0.6) is 0 Å². The molecule has 5 heteroatoms. The van der Waals surface area contributed by atoms with Crippen molar-refractivity contribution in [3.05, 3.63) is 59.9 Å². The van der Waals surface area contributed by atoms with E-state index in [1.54, 1.807) is 41.7 Å². The number of aryl methyl sites for hydroxylation is 1. The van der Waals surface area contributed by atoms with Crippen LogP contribution >= 0.6 is 0 Å². The lowest BCUT2D eigenvalue weighted by Crippen LogP contribution is -2.04. The molecule has 0 fully saturated rings. The molecule has 0 unspecified atom stereocenters. The quantitative estimate of drug-likeness (QED) is 0.637. The summed E-state index contributed by atoms with van der Waals surface area (Å²) >= 11 is 0. The van der Waals surface area contributed by atoms with E-state index in [0.29, 0.717) is 16.6 Å².